The summed E-state index contributed by atoms with van der Waals surface area (Å²) in [6.45, 7) is 12.0. The highest BCUT2D eigenvalue weighted by Gasteiger charge is 2.34. The number of aromatic nitrogens is 1. The molecule has 1 aromatic carbocycles. The van der Waals surface area contributed by atoms with Gasteiger partial charge in [0, 0.05) is 35.3 Å². The molecular weight excluding hydrogens is 398 g/mol. The molecule has 1 aromatic heterocycles. The van der Waals surface area contributed by atoms with Crippen LogP contribution in [0.1, 0.15) is 77.0 Å². The highest BCUT2D eigenvalue weighted by molar-refractivity contribution is 6.09. The lowest BCUT2D eigenvalue weighted by atomic mass is 9.87. The number of nitrogens with zero attached hydrogens (tertiary/aromatic N) is 2. The molecule has 1 N–H and O–H groups in total. The normalized spacial score (nSPS) is 15.6. The third kappa shape index (κ3) is 5.64. The van der Waals surface area contributed by atoms with E-state index in [1.165, 1.54) is 6.42 Å². The Morgan fingerprint density at radius 3 is 2.28 bits per heavy atom. The monoisotopic (exact) mass is 433 g/mol. The van der Waals surface area contributed by atoms with Crippen molar-refractivity contribution in [3.8, 4) is 0 Å². The third-order valence-corrected chi connectivity index (χ3v) is 6.05. The van der Waals surface area contributed by atoms with E-state index in [0.717, 1.165) is 31.2 Å². The second kappa shape index (κ2) is 10.1. The number of hydrogen-bond acceptors (Lipinski definition) is 3. The van der Waals surface area contributed by atoms with Crippen LogP contribution in [0.2, 0.25) is 0 Å². The summed E-state index contributed by atoms with van der Waals surface area (Å²) in [5.74, 6) is -0.458. The lowest BCUT2D eigenvalue weighted by Gasteiger charge is -2.33. The molecule has 5 heteroatoms. The molecule has 1 fully saturated rings. The number of pyridine rings is 1. The van der Waals surface area contributed by atoms with Gasteiger partial charge >= 0.3 is 0 Å². The van der Waals surface area contributed by atoms with Gasteiger partial charge in [0.2, 0.25) is 5.91 Å². The van der Waals surface area contributed by atoms with E-state index in [1.54, 1.807) is 30.3 Å². The van der Waals surface area contributed by atoms with Gasteiger partial charge in [-0.1, -0.05) is 64.8 Å². The van der Waals surface area contributed by atoms with Crippen LogP contribution in [-0.2, 0) is 15.0 Å². The predicted octanol–water partition coefficient (Wildman–Crippen LogP) is 5.48. The van der Waals surface area contributed by atoms with E-state index in [1.807, 2.05) is 30.3 Å². The molecule has 1 atom stereocenters. The Kier molecular flexibility index (Phi) is 7.49. The molecule has 2 amide bonds. The Labute approximate surface area is 191 Å². The molecule has 1 saturated carbocycles. The second-order valence-electron chi connectivity index (χ2n) is 9.78. The van der Waals surface area contributed by atoms with E-state index in [-0.39, 0.29) is 23.3 Å². The molecule has 1 unspecified atom stereocenters. The first-order valence-corrected chi connectivity index (χ1v) is 11.5. The molecule has 1 heterocycles. The molecule has 2 aromatic rings. The molecule has 170 valence electrons. The standard InChI is InChI=1S/C27H35N3O2/c1-19(2)26(32)30(23-15-13-21(14-16-23)27(3,4)5)24(20-10-9-17-28-18-20)25(31)29-22-11-7-6-8-12-22/h9-10,13-18,22,24H,1,6-8,11-12H2,2-5H3,(H,29,31). The Bertz CT molecular complexity index is 939. The van der Waals surface area contributed by atoms with Crippen LogP contribution in [0.15, 0.2) is 60.9 Å². The van der Waals surface area contributed by atoms with E-state index in [0.29, 0.717) is 16.8 Å². The van der Waals surface area contributed by atoms with Gasteiger partial charge in [0.25, 0.3) is 5.91 Å². The van der Waals surface area contributed by atoms with Crippen LogP contribution in [-0.4, -0.2) is 22.8 Å². The zero-order valence-corrected chi connectivity index (χ0v) is 19.7. The molecule has 5 nitrogen and oxygen atoms in total. The SMILES string of the molecule is C=C(C)C(=O)N(c1ccc(C(C)(C)C)cc1)C(C(=O)NC1CCCCC1)c1cccnc1. The van der Waals surface area contributed by atoms with Gasteiger partial charge in [-0.2, -0.15) is 0 Å². The zero-order chi connectivity index (χ0) is 23.3. The van der Waals surface area contributed by atoms with Gasteiger partial charge in [-0.3, -0.25) is 19.5 Å². The predicted molar refractivity (Wildman–Crippen MR) is 129 cm³/mol. The molecule has 0 radical (unpaired) electrons. The van der Waals surface area contributed by atoms with Crippen molar-refractivity contribution in [3.63, 3.8) is 0 Å². The number of nitrogens with one attached hydrogen (secondary N) is 1. The highest BCUT2D eigenvalue weighted by Crippen LogP contribution is 2.32. The molecule has 0 saturated heterocycles. The van der Waals surface area contributed by atoms with Crippen molar-refractivity contribution in [2.75, 3.05) is 4.90 Å². The van der Waals surface area contributed by atoms with Crippen molar-refractivity contribution in [1.82, 2.24) is 10.3 Å². The Balaban J connectivity index is 2.04. The number of benzene rings is 1. The second-order valence-corrected chi connectivity index (χ2v) is 9.78. The number of hydrogen-bond donors (Lipinski definition) is 1. The van der Waals surface area contributed by atoms with E-state index >= 15 is 0 Å². The fourth-order valence-electron chi connectivity index (χ4n) is 4.19. The van der Waals surface area contributed by atoms with Gasteiger partial charge in [0.15, 0.2) is 0 Å². The van der Waals surface area contributed by atoms with Gasteiger partial charge in [0.1, 0.15) is 6.04 Å². The first-order chi connectivity index (χ1) is 15.2. The number of amides is 2. The quantitative estimate of drug-likeness (QED) is 0.614. The van der Waals surface area contributed by atoms with Gasteiger partial charge in [0.05, 0.1) is 0 Å². The molecule has 1 aliphatic carbocycles. The van der Waals surface area contributed by atoms with Gasteiger partial charge < -0.3 is 5.32 Å². The zero-order valence-electron chi connectivity index (χ0n) is 19.7. The third-order valence-electron chi connectivity index (χ3n) is 6.05. The van der Waals surface area contributed by atoms with Crippen molar-refractivity contribution in [1.29, 1.82) is 0 Å². The summed E-state index contributed by atoms with van der Waals surface area (Å²) in [7, 11) is 0. The summed E-state index contributed by atoms with van der Waals surface area (Å²) < 4.78 is 0. The molecule has 3 rings (SSSR count). The van der Waals surface area contributed by atoms with Crippen molar-refractivity contribution in [2.24, 2.45) is 0 Å². The summed E-state index contributed by atoms with van der Waals surface area (Å²) in [5, 5.41) is 3.21. The van der Waals surface area contributed by atoms with Crippen molar-refractivity contribution in [2.45, 2.75) is 77.3 Å². The van der Waals surface area contributed by atoms with E-state index < -0.39 is 6.04 Å². The van der Waals surface area contributed by atoms with Gasteiger partial charge in [-0.15, -0.1) is 0 Å². The molecule has 0 bridgehead atoms. The maximum Gasteiger partial charge on any atom is 0.254 e. The lowest BCUT2D eigenvalue weighted by Crippen LogP contribution is -2.47. The Morgan fingerprint density at radius 1 is 1.09 bits per heavy atom. The Morgan fingerprint density at radius 2 is 1.75 bits per heavy atom. The van der Waals surface area contributed by atoms with E-state index in [9.17, 15) is 9.59 Å². The molecule has 32 heavy (non-hydrogen) atoms. The summed E-state index contributed by atoms with van der Waals surface area (Å²) in [5.41, 5.74) is 2.87. The number of carbonyl (C=O) groups is 2. The first-order valence-electron chi connectivity index (χ1n) is 11.5. The van der Waals surface area contributed by atoms with Crippen LogP contribution in [0.25, 0.3) is 0 Å². The van der Waals surface area contributed by atoms with Crippen LogP contribution >= 0.6 is 0 Å². The van der Waals surface area contributed by atoms with Crippen LogP contribution in [0.3, 0.4) is 0 Å². The van der Waals surface area contributed by atoms with Crippen LogP contribution in [0.4, 0.5) is 5.69 Å². The minimum absolute atomic E-state index is 0.0111. The molecule has 0 aliphatic heterocycles. The maximum atomic E-state index is 13.6. The van der Waals surface area contributed by atoms with Gasteiger partial charge in [-0.05, 0) is 48.9 Å². The van der Waals surface area contributed by atoms with Crippen molar-refractivity contribution >= 4 is 17.5 Å². The topological polar surface area (TPSA) is 62.3 Å². The fraction of sp³-hybridized carbons (Fsp3) is 0.444. The number of carbonyl (C=O) groups excluding carboxylic acids is 2. The minimum atomic E-state index is -0.824. The molecule has 1 aliphatic rings. The molecular formula is C27H35N3O2. The summed E-state index contributed by atoms with van der Waals surface area (Å²) in [6, 6.07) is 10.8. The first kappa shape index (κ1) is 23.7. The smallest absolute Gasteiger partial charge is 0.254 e. The minimum Gasteiger partial charge on any atom is -0.351 e. The Hall–Kier alpha value is -2.95. The summed E-state index contributed by atoms with van der Waals surface area (Å²) >= 11 is 0. The number of rotatable bonds is 6. The fourth-order valence-corrected chi connectivity index (χ4v) is 4.19. The average Bonchev–Trinajstić information content (AvgIpc) is 2.77. The van der Waals surface area contributed by atoms with Crippen molar-refractivity contribution < 1.29 is 9.59 Å². The van der Waals surface area contributed by atoms with E-state index in [2.05, 4.69) is 37.7 Å². The van der Waals surface area contributed by atoms with Crippen LogP contribution < -0.4 is 10.2 Å². The molecule has 0 spiro atoms. The summed E-state index contributed by atoms with van der Waals surface area (Å²) in [6.07, 6.45) is 8.71. The summed E-state index contributed by atoms with van der Waals surface area (Å²) in [4.78, 5) is 32.8. The van der Waals surface area contributed by atoms with E-state index in [4.69, 9.17) is 0 Å². The lowest BCUT2D eigenvalue weighted by molar-refractivity contribution is -0.126. The average molecular weight is 434 g/mol. The largest absolute Gasteiger partial charge is 0.351 e. The number of anilines is 1. The van der Waals surface area contributed by atoms with Crippen LogP contribution in [0, 0.1) is 0 Å². The maximum absolute atomic E-state index is 13.6. The highest BCUT2D eigenvalue weighted by atomic mass is 16.2. The van der Waals surface area contributed by atoms with Gasteiger partial charge in [-0.25, -0.2) is 0 Å². The van der Waals surface area contributed by atoms with Crippen molar-refractivity contribution in [3.05, 3.63) is 72.1 Å². The van der Waals surface area contributed by atoms with Crippen LogP contribution in [0.5, 0.6) is 0 Å².